The fraction of sp³-hybridized carbons (Fsp3) is 0.545. The molecule has 1 aromatic rings. The topological polar surface area (TPSA) is 46.2 Å². The Morgan fingerprint density at radius 1 is 1.67 bits per heavy atom. The Bertz CT molecular complexity index is 310. The molecular formula is C11H17N3O. The van der Waals surface area contributed by atoms with E-state index in [1.807, 2.05) is 19.2 Å². The van der Waals surface area contributed by atoms with Gasteiger partial charge in [-0.05, 0) is 25.5 Å². The van der Waals surface area contributed by atoms with Crippen LogP contribution in [0.15, 0.2) is 18.3 Å². The summed E-state index contributed by atoms with van der Waals surface area (Å²) in [6.45, 7) is 1.86. The van der Waals surface area contributed by atoms with E-state index in [2.05, 4.69) is 15.6 Å². The van der Waals surface area contributed by atoms with Gasteiger partial charge in [-0.3, -0.25) is 0 Å². The molecule has 0 aromatic carbocycles. The second kappa shape index (κ2) is 4.98. The summed E-state index contributed by atoms with van der Waals surface area (Å²) in [5.41, 5.74) is 0. The van der Waals surface area contributed by atoms with Gasteiger partial charge in [0.05, 0.1) is 0 Å². The molecule has 0 saturated carbocycles. The Labute approximate surface area is 90.0 Å². The number of anilines is 1. The summed E-state index contributed by atoms with van der Waals surface area (Å²) in [5, 5.41) is 6.39. The molecule has 0 bridgehead atoms. The standard InChI is InChI=1S/C11H17N3O/c1-12-11-7-10(4-6-14-11)15-8-9-3-2-5-13-9/h4,6-7,9,13H,2-3,5,8H2,1H3,(H,12,14). The fourth-order valence-electron chi connectivity index (χ4n) is 1.73. The Morgan fingerprint density at radius 2 is 2.60 bits per heavy atom. The molecular weight excluding hydrogens is 190 g/mol. The Kier molecular flexibility index (Phi) is 3.40. The zero-order valence-corrected chi connectivity index (χ0v) is 8.99. The first-order valence-electron chi connectivity index (χ1n) is 5.38. The zero-order chi connectivity index (χ0) is 10.5. The Hall–Kier alpha value is -1.29. The van der Waals surface area contributed by atoms with Crippen molar-refractivity contribution in [3.05, 3.63) is 18.3 Å². The normalized spacial score (nSPS) is 20.2. The number of nitrogens with one attached hydrogen (secondary N) is 2. The van der Waals surface area contributed by atoms with Crippen molar-refractivity contribution in [2.75, 3.05) is 25.5 Å². The van der Waals surface area contributed by atoms with Crippen LogP contribution in [0.1, 0.15) is 12.8 Å². The fourth-order valence-corrected chi connectivity index (χ4v) is 1.73. The first-order chi connectivity index (χ1) is 7.38. The quantitative estimate of drug-likeness (QED) is 0.780. The van der Waals surface area contributed by atoms with E-state index in [0.29, 0.717) is 6.04 Å². The molecule has 1 aromatic heterocycles. The highest BCUT2D eigenvalue weighted by molar-refractivity contribution is 5.39. The van der Waals surface area contributed by atoms with Crippen LogP contribution in [-0.4, -0.2) is 31.2 Å². The Morgan fingerprint density at radius 3 is 3.33 bits per heavy atom. The maximum absolute atomic E-state index is 5.69. The summed E-state index contributed by atoms with van der Waals surface area (Å²) in [6, 6.07) is 4.31. The minimum Gasteiger partial charge on any atom is -0.492 e. The van der Waals surface area contributed by atoms with Gasteiger partial charge in [-0.1, -0.05) is 0 Å². The number of nitrogens with zero attached hydrogens (tertiary/aromatic N) is 1. The zero-order valence-electron chi connectivity index (χ0n) is 8.99. The molecule has 2 N–H and O–H groups in total. The van der Waals surface area contributed by atoms with Crippen molar-refractivity contribution < 1.29 is 4.74 Å². The van der Waals surface area contributed by atoms with Crippen molar-refractivity contribution in [2.24, 2.45) is 0 Å². The van der Waals surface area contributed by atoms with Crippen molar-refractivity contribution in [1.82, 2.24) is 10.3 Å². The van der Waals surface area contributed by atoms with Crippen LogP contribution in [-0.2, 0) is 0 Å². The van der Waals surface area contributed by atoms with E-state index >= 15 is 0 Å². The summed E-state index contributed by atoms with van der Waals surface area (Å²) in [5.74, 6) is 1.72. The molecule has 4 heteroatoms. The lowest BCUT2D eigenvalue weighted by molar-refractivity contribution is 0.277. The number of rotatable bonds is 4. The summed E-state index contributed by atoms with van der Waals surface area (Å²) in [6.07, 6.45) is 4.22. The van der Waals surface area contributed by atoms with Gasteiger partial charge in [-0.15, -0.1) is 0 Å². The van der Waals surface area contributed by atoms with Crippen LogP contribution in [0.3, 0.4) is 0 Å². The van der Waals surface area contributed by atoms with Gasteiger partial charge in [0.1, 0.15) is 18.2 Å². The van der Waals surface area contributed by atoms with E-state index < -0.39 is 0 Å². The van der Waals surface area contributed by atoms with E-state index in [4.69, 9.17) is 4.74 Å². The lowest BCUT2D eigenvalue weighted by Crippen LogP contribution is -2.28. The number of ether oxygens (including phenoxy) is 1. The SMILES string of the molecule is CNc1cc(OCC2CCCN2)ccn1. The van der Waals surface area contributed by atoms with Gasteiger partial charge >= 0.3 is 0 Å². The maximum atomic E-state index is 5.69. The predicted molar refractivity (Wildman–Crippen MR) is 60.3 cm³/mol. The van der Waals surface area contributed by atoms with Gasteiger partial charge in [-0.2, -0.15) is 0 Å². The molecule has 15 heavy (non-hydrogen) atoms. The Balaban J connectivity index is 1.86. The second-order valence-electron chi connectivity index (χ2n) is 3.73. The maximum Gasteiger partial charge on any atom is 0.129 e. The van der Waals surface area contributed by atoms with Crippen molar-refractivity contribution in [3.63, 3.8) is 0 Å². The molecule has 0 amide bonds. The number of hydrogen-bond donors (Lipinski definition) is 2. The first-order valence-corrected chi connectivity index (χ1v) is 5.38. The van der Waals surface area contributed by atoms with Crippen LogP contribution in [0, 0.1) is 0 Å². The van der Waals surface area contributed by atoms with Crippen LogP contribution in [0.25, 0.3) is 0 Å². The molecule has 1 unspecified atom stereocenters. The van der Waals surface area contributed by atoms with Crippen LogP contribution in [0.2, 0.25) is 0 Å². The van der Waals surface area contributed by atoms with E-state index in [9.17, 15) is 0 Å². The van der Waals surface area contributed by atoms with E-state index in [1.165, 1.54) is 12.8 Å². The lowest BCUT2D eigenvalue weighted by Gasteiger charge is -2.12. The highest BCUT2D eigenvalue weighted by atomic mass is 16.5. The smallest absolute Gasteiger partial charge is 0.129 e. The molecule has 2 heterocycles. The van der Waals surface area contributed by atoms with E-state index in [1.54, 1.807) is 6.20 Å². The number of pyridine rings is 1. The summed E-state index contributed by atoms with van der Waals surface area (Å²) in [4.78, 5) is 4.13. The third-order valence-corrected chi connectivity index (χ3v) is 2.60. The van der Waals surface area contributed by atoms with E-state index in [-0.39, 0.29) is 0 Å². The molecule has 1 aliphatic heterocycles. The van der Waals surface area contributed by atoms with Gasteiger partial charge in [-0.25, -0.2) is 4.98 Å². The highest BCUT2D eigenvalue weighted by Gasteiger charge is 2.14. The molecule has 1 aliphatic rings. The molecule has 4 nitrogen and oxygen atoms in total. The molecule has 1 atom stereocenters. The number of hydrogen-bond acceptors (Lipinski definition) is 4. The van der Waals surface area contributed by atoms with Gasteiger partial charge in [0.25, 0.3) is 0 Å². The third kappa shape index (κ3) is 2.83. The van der Waals surface area contributed by atoms with Gasteiger partial charge < -0.3 is 15.4 Å². The predicted octanol–water partition coefficient (Wildman–Crippen LogP) is 1.25. The van der Waals surface area contributed by atoms with Gasteiger partial charge in [0.2, 0.25) is 0 Å². The third-order valence-electron chi connectivity index (χ3n) is 2.60. The second-order valence-corrected chi connectivity index (χ2v) is 3.73. The first kappa shape index (κ1) is 10.2. The monoisotopic (exact) mass is 207 g/mol. The summed E-state index contributed by atoms with van der Waals surface area (Å²) < 4.78 is 5.69. The molecule has 82 valence electrons. The molecule has 1 saturated heterocycles. The van der Waals surface area contributed by atoms with Gasteiger partial charge in [0.15, 0.2) is 0 Å². The van der Waals surface area contributed by atoms with E-state index in [0.717, 1.165) is 24.7 Å². The minimum atomic E-state index is 0.510. The van der Waals surface area contributed by atoms with Crippen LogP contribution in [0.5, 0.6) is 5.75 Å². The molecule has 0 spiro atoms. The van der Waals surface area contributed by atoms with Gasteiger partial charge in [0, 0.05) is 25.4 Å². The number of aromatic nitrogens is 1. The molecule has 0 radical (unpaired) electrons. The minimum absolute atomic E-state index is 0.510. The average Bonchev–Trinajstić information content (AvgIpc) is 2.79. The summed E-state index contributed by atoms with van der Waals surface area (Å²) >= 11 is 0. The van der Waals surface area contributed by atoms with Crippen molar-refractivity contribution in [1.29, 1.82) is 0 Å². The van der Waals surface area contributed by atoms with Crippen molar-refractivity contribution in [3.8, 4) is 5.75 Å². The highest BCUT2D eigenvalue weighted by Crippen LogP contribution is 2.15. The lowest BCUT2D eigenvalue weighted by atomic mass is 10.2. The van der Waals surface area contributed by atoms with Crippen molar-refractivity contribution in [2.45, 2.75) is 18.9 Å². The van der Waals surface area contributed by atoms with Crippen LogP contribution >= 0.6 is 0 Å². The van der Waals surface area contributed by atoms with Crippen molar-refractivity contribution >= 4 is 5.82 Å². The largest absolute Gasteiger partial charge is 0.492 e. The van der Waals surface area contributed by atoms with Crippen LogP contribution in [0.4, 0.5) is 5.82 Å². The van der Waals surface area contributed by atoms with Crippen LogP contribution < -0.4 is 15.4 Å². The molecule has 1 fully saturated rings. The summed E-state index contributed by atoms with van der Waals surface area (Å²) in [7, 11) is 1.85. The average molecular weight is 207 g/mol. The molecule has 2 rings (SSSR count). The molecule has 0 aliphatic carbocycles.